The van der Waals surface area contributed by atoms with Gasteiger partial charge in [-0.2, -0.15) is 8.42 Å². The molecule has 0 saturated heterocycles. The number of hydrogen-bond donors (Lipinski definition) is 1. The monoisotopic (exact) mass is 307 g/mol. The highest BCUT2D eigenvalue weighted by Gasteiger charge is 2.06. The summed E-state index contributed by atoms with van der Waals surface area (Å²) in [6.45, 7) is 3.56. The zero-order valence-corrected chi connectivity index (χ0v) is 14.1. The summed E-state index contributed by atoms with van der Waals surface area (Å²) >= 11 is 0. The van der Waals surface area contributed by atoms with Crippen LogP contribution < -0.4 is 0 Å². The van der Waals surface area contributed by atoms with Crippen molar-refractivity contribution in [3.05, 3.63) is 0 Å². The van der Waals surface area contributed by atoms with Gasteiger partial charge in [-0.3, -0.25) is 4.55 Å². The van der Waals surface area contributed by atoms with Crippen LogP contribution in [0.2, 0.25) is 0 Å². The fourth-order valence-corrected chi connectivity index (χ4v) is 2.79. The van der Waals surface area contributed by atoms with E-state index in [1.807, 2.05) is 11.9 Å². The molecule has 4 nitrogen and oxygen atoms in total. The second-order valence-electron chi connectivity index (χ2n) is 5.77. The van der Waals surface area contributed by atoms with Crippen molar-refractivity contribution in [2.75, 3.05) is 25.9 Å². The van der Waals surface area contributed by atoms with Crippen LogP contribution in [0.4, 0.5) is 0 Å². The lowest BCUT2D eigenvalue weighted by Gasteiger charge is -2.15. The molecule has 0 amide bonds. The van der Waals surface area contributed by atoms with Gasteiger partial charge in [-0.05, 0) is 20.0 Å². The Hall–Kier alpha value is -0.130. The molecule has 0 bridgehead atoms. The number of nitrogens with zero attached hydrogens (tertiary/aromatic N) is 1. The van der Waals surface area contributed by atoms with Crippen LogP contribution in [0.5, 0.6) is 0 Å². The number of hydrogen-bond acceptors (Lipinski definition) is 3. The average Bonchev–Trinajstić information content (AvgIpc) is 2.38. The van der Waals surface area contributed by atoms with E-state index in [-0.39, 0.29) is 5.75 Å². The van der Waals surface area contributed by atoms with Crippen LogP contribution in [0.15, 0.2) is 0 Å². The first-order valence-corrected chi connectivity index (χ1v) is 9.70. The molecule has 0 fully saturated rings. The molecule has 0 unspecified atom stereocenters. The van der Waals surface area contributed by atoms with Gasteiger partial charge in [0.1, 0.15) is 0 Å². The largest absolute Gasteiger partial charge is 0.305 e. The van der Waals surface area contributed by atoms with Crippen molar-refractivity contribution < 1.29 is 13.0 Å². The third-order valence-corrected chi connectivity index (χ3v) is 4.32. The fraction of sp³-hybridized carbons (Fsp3) is 1.00. The smallest absolute Gasteiger partial charge is 0.266 e. The normalized spacial score (nSPS) is 12.2. The molecule has 0 aliphatic carbocycles. The van der Waals surface area contributed by atoms with E-state index in [1.54, 1.807) is 0 Å². The molecule has 0 aromatic heterocycles. The molecule has 0 aromatic carbocycles. The van der Waals surface area contributed by atoms with E-state index >= 15 is 0 Å². The highest BCUT2D eigenvalue weighted by atomic mass is 32.2. The molecular formula is C15H33NO3S. The zero-order chi connectivity index (χ0) is 15.3. The SMILES string of the molecule is CCCCCCCCCCCCN(C)CCS(=O)(=O)O. The van der Waals surface area contributed by atoms with Gasteiger partial charge in [0.15, 0.2) is 0 Å². The predicted octanol–water partition coefficient (Wildman–Crippen LogP) is 3.73. The van der Waals surface area contributed by atoms with E-state index in [0.29, 0.717) is 6.54 Å². The van der Waals surface area contributed by atoms with Crippen LogP contribution in [0.3, 0.4) is 0 Å². The average molecular weight is 308 g/mol. The van der Waals surface area contributed by atoms with E-state index in [4.69, 9.17) is 4.55 Å². The number of rotatable bonds is 14. The van der Waals surface area contributed by atoms with Gasteiger partial charge in [0.25, 0.3) is 10.1 Å². The molecule has 0 radical (unpaired) electrons. The third-order valence-electron chi connectivity index (χ3n) is 3.62. The second-order valence-corrected chi connectivity index (χ2v) is 7.34. The lowest BCUT2D eigenvalue weighted by atomic mass is 10.1. The van der Waals surface area contributed by atoms with Gasteiger partial charge in [0.2, 0.25) is 0 Å². The van der Waals surface area contributed by atoms with Gasteiger partial charge >= 0.3 is 0 Å². The Balaban J connectivity index is 3.23. The molecule has 122 valence electrons. The standard InChI is InChI=1S/C15H33NO3S/c1-3-4-5-6-7-8-9-10-11-12-13-16(2)14-15-20(17,18)19/h3-15H2,1-2H3,(H,17,18,19). The van der Waals surface area contributed by atoms with Crippen LogP contribution in [-0.2, 0) is 10.1 Å². The molecule has 0 rings (SSSR count). The summed E-state index contributed by atoms with van der Waals surface area (Å²) in [5.41, 5.74) is 0. The summed E-state index contributed by atoms with van der Waals surface area (Å²) in [6, 6.07) is 0. The third kappa shape index (κ3) is 15.9. The van der Waals surface area contributed by atoms with Gasteiger partial charge in [0, 0.05) is 6.54 Å². The summed E-state index contributed by atoms with van der Waals surface area (Å²) in [6.07, 6.45) is 13.1. The molecule has 20 heavy (non-hydrogen) atoms. The van der Waals surface area contributed by atoms with Crippen molar-refractivity contribution in [1.29, 1.82) is 0 Å². The highest BCUT2D eigenvalue weighted by Crippen LogP contribution is 2.10. The van der Waals surface area contributed by atoms with Crippen LogP contribution >= 0.6 is 0 Å². The predicted molar refractivity (Wildman–Crippen MR) is 85.8 cm³/mol. The summed E-state index contributed by atoms with van der Waals surface area (Å²) in [7, 11) is -1.91. The summed E-state index contributed by atoms with van der Waals surface area (Å²) < 4.78 is 29.9. The van der Waals surface area contributed by atoms with E-state index in [0.717, 1.165) is 13.0 Å². The van der Waals surface area contributed by atoms with Crippen molar-refractivity contribution in [2.24, 2.45) is 0 Å². The van der Waals surface area contributed by atoms with E-state index in [1.165, 1.54) is 57.8 Å². The maximum atomic E-state index is 10.6. The Labute approximate surface area is 125 Å². The van der Waals surface area contributed by atoms with Gasteiger partial charge in [-0.1, -0.05) is 64.7 Å². The van der Waals surface area contributed by atoms with Crippen LogP contribution in [0.25, 0.3) is 0 Å². The molecule has 0 heterocycles. The van der Waals surface area contributed by atoms with E-state index in [2.05, 4.69) is 6.92 Å². The van der Waals surface area contributed by atoms with Gasteiger partial charge < -0.3 is 4.90 Å². The Kier molecular flexibility index (Phi) is 12.5. The maximum absolute atomic E-state index is 10.6. The Morgan fingerprint density at radius 2 is 1.25 bits per heavy atom. The number of unbranched alkanes of at least 4 members (excludes halogenated alkanes) is 9. The first-order chi connectivity index (χ1) is 9.45. The van der Waals surface area contributed by atoms with Gasteiger partial charge in [-0.25, -0.2) is 0 Å². The molecule has 0 spiro atoms. The summed E-state index contributed by atoms with van der Waals surface area (Å²) in [5, 5.41) is 0. The quantitative estimate of drug-likeness (QED) is 0.392. The molecular weight excluding hydrogens is 274 g/mol. The van der Waals surface area contributed by atoms with Crippen molar-refractivity contribution in [2.45, 2.75) is 71.1 Å². The molecule has 1 N–H and O–H groups in total. The van der Waals surface area contributed by atoms with E-state index < -0.39 is 10.1 Å². The topological polar surface area (TPSA) is 57.6 Å². The van der Waals surface area contributed by atoms with Crippen molar-refractivity contribution >= 4 is 10.1 Å². The molecule has 0 atom stereocenters. The fourth-order valence-electron chi connectivity index (χ4n) is 2.25. The Morgan fingerprint density at radius 1 is 0.800 bits per heavy atom. The molecule has 0 saturated carbocycles. The summed E-state index contributed by atoms with van der Waals surface area (Å²) in [4.78, 5) is 1.97. The van der Waals surface area contributed by atoms with Crippen molar-refractivity contribution in [3.8, 4) is 0 Å². The molecule has 0 aliphatic heterocycles. The molecule has 5 heteroatoms. The highest BCUT2D eigenvalue weighted by molar-refractivity contribution is 7.85. The summed E-state index contributed by atoms with van der Waals surface area (Å²) in [5.74, 6) is -0.165. The zero-order valence-electron chi connectivity index (χ0n) is 13.3. The van der Waals surface area contributed by atoms with Crippen LogP contribution in [0.1, 0.15) is 71.1 Å². The second kappa shape index (κ2) is 12.6. The first kappa shape index (κ1) is 19.9. The van der Waals surface area contributed by atoms with Crippen molar-refractivity contribution in [3.63, 3.8) is 0 Å². The van der Waals surface area contributed by atoms with Crippen molar-refractivity contribution in [1.82, 2.24) is 4.90 Å². The van der Waals surface area contributed by atoms with Gasteiger partial charge in [0.05, 0.1) is 5.75 Å². The Morgan fingerprint density at radius 3 is 1.70 bits per heavy atom. The minimum atomic E-state index is -3.81. The maximum Gasteiger partial charge on any atom is 0.266 e. The lowest BCUT2D eigenvalue weighted by molar-refractivity contribution is 0.337. The minimum Gasteiger partial charge on any atom is -0.305 e. The van der Waals surface area contributed by atoms with Crippen LogP contribution in [-0.4, -0.2) is 43.8 Å². The van der Waals surface area contributed by atoms with Crippen LogP contribution in [0, 0.1) is 0 Å². The van der Waals surface area contributed by atoms with E-state index in [9.17, 15) is 8.42 Å². The Bertz CT molecular complexity index is 304. The molecule has 0 aliphatic rings. The molecule has 0 aromatic rings. The minimum absolute atomic E-state index is 0.165. The lowest BCUT2D eigenvalue weighted by Crippen LogP contribution is -2.26. The van der Waals surface area contributed by atoms with Gasteiger partial charge in [-0.15, -0.1) is 0 Å². The first-order valence-electron chi connectivity index (χ1n) is 8.09.